The van der Waals surface area contributed by atoms with Crippen molar-refractivity contribution in [3.05, 3.63) is 27.8 Å². The molecule has 0 aromatic heterocycles. The van der Waals surface area contributed by atoms with E-state index >= 15 is 0 Å². The molecule has 0 bridgehead atoms. The van der Waals surface area contributed by atoms with Crippen molar-refractivity contribution in [3.63, 3.8) is 0 Å². The van der Waals surface area contributed by atoms with Gasteiger partial charge in [-0.2, -0.15) is 0 Å². The van der Waals surface area contributed by atoms with Crippen LogP contribution in [0.25, 0.3) is 0 Å². The van der Waals surface area contributed by atoms with Gasteiger partial charge in [0, 0.05) is 32.2 Å². The number of piperazine rings is 1. The SMILES string of the molecule is COc1cc([C@@H](C2CCCC2)N2CCNCC2)c([N+](=O)[O-])cc1OC. The van der Waals surface area contributed by atoms with Crippen LogP contribution in [0.4, 0.5) is 5.69 Å². The van der Waals surface area contributed by atoms with Gasteiger partial charge in [0.05, 0.1) is 30.8 Å². The Morgan fingerprint density at radius 2 is 1.76 bits per heavy atom. The number of ether oxygens (including phenoxy) is 2. The fourth-order valence-corrected chi connectivity index (χ4v) is 4.26. The minimum atomic E-state index is -0.290. The van der Waals surface area contributed by atoms with Crippen molar-refractivity contribution in [2.24, 2.45) is 5.92 Å². The van der Waals surface area contributed by atoms with Crippen molar-refractivity contribution in [1.82, 2.24) is 10.2 Å². The van der Waals surface area contributed by atoms with E-state index in [2.05, 4.69) is 10.2 Å². The van der Waals surface area contributed by atoms with Crippen molar-refractivity contribution >= 4 is 5.69 Å². The molecule has 1 aromatic rings. The van der Waals surface area contributed by atoms with E-state index in [1.54, 1.807) is 7.11 Å². The van der Waals surface area contributed by atoms with E-state index < -0.39 is 0 Å². The van der Waals surface area contributed by atoms with Crippen LogP contribution >= 0.6 is 0 Å². The predicted molar refractivity (Wildman–Crippen MR) is 95.3 cm³/mol. The quantitative estimate of drug-likeness (QED) is 0.629. The molecule has 2 fully saturated rings. The third kappa shape index (κ3) is 3.72. The first-order chi connectivity index (χ1) is 12.2. The molecule has 7 heteroatoms. The lowest BCUT2D eigenvalue weighted by atomic mass is 9.88. The number of hydrogen-bond donors (Lipinski definition) is 1. The Morgan fingerprint density at radius 3 is 2.32 bits per heavy atom. The van der Waals surface area contributed by atoms with Crippen LogP contribution in [-0.2, 0) is 0 Å². The number of methoxy groups -OCH3 is 2. The Balaban J connectivity index is 2.07. The lowest BCUT2D eigenvalue weighted by Crippen LogP contribution is -2.46. The van der Waals surface area contributed by atoms with E-state index in [9.17, 15) is 10.1 Å². The van der Waals surface area contributed by atoms with Gasteiger partial charge in [0.25, 0.3) is 5.69 Å². The molecular formula is C18H27N3O4. The van der Waals surface area contributed by atoms with E-state index in [-0.39, 0.29) is 16.7 Å². The fraction of sp³-hybridized carbons (Fsp3) is 0.667. The minimum Gasteiger partial charge on any atom is -0.493 e. The first-order valence-corrected chi connectivity index (χ1v) is 9.00. The highest BCUT2D eigenvalue weighted by Crippen LogP contribution is 2.45. The van der Waals surface area contributed by atoms with Crippen molar-refractivity contribution in [3.8, 4) is 11.5 Å². The van der Waals surface area contributed by atoms with Crippen LogP contribution in [0.1, 0.15) is 37.3 Å². The first-order valence-electron chi connectivity index (χ1n) is 9.00. The Kier molecular flexibility index (Phi) is 5.75. The minimum absolute atomic E-state index is 0.0600. The summed E-state index contributed by atoms with van der Waals surface area (Å²) >= 11 is 0. The molecule has 1 atom stereocenters. The van der Waals surface area contributed by atoms with Crippen molar-refractivity contribution in [1.29, 1.82) is 0 Å². The average Bonchev–Trinajstić information content (AvgIpc) is 3.16. The normalized spacial score (nSPS) is 20.4. The highest BCUT2D eigenvalue weighted by atomic mass is 16.6. The topological polar surface area (TPSA) is 76.9 Å². The van der Waals surface area contributed by atoms with Gasteiger partial charge >= 0.3 is 0 Å². The molecule has 0 radical (unpaired) electrons. The molecule has 0 unspecified atom stereocenters. The van der Waals surface area contributed by atoms with Gasteiger partial charge in [0.15, 0.2) is 11.5 Å². The Morgan fingerprint density at radius 1 is 1.16 bits per heavy atom. The number of nitro benzene ring substituents is 1. The summed E-state index contributed by atoms with van der Waals surface area (Å²) in [5.41, 5.74) is 0.893. The molecule has 1 aliphatic heterocycles. The summed E-state index contributed by atoms with van der Waals surface area (Å²) in [4.78, 5) is 13.9. The lowest BCUT2D eigenvalue weighted by Gasteiger charge is -2.38. The molecule has 2 aliphatic rings. The summed E-state index contributed by atoms with van der Waals surface area (Å²) in [7, 11) is 3.08. The summed E-state index contributed by atoms with van der Waals surface area (Å²) in [6, 6.07) is 3.39. The fourth-order valence-electron chi connectivity index (χ4n) is 4.26. The summed E-state index contributed by atoms with van der Waals surface area (Å²) in [6.07, 6.45) is 4.66. The molecule has 138 valence electrons. The molecule has 1 heterocycles. The second-order valence-electron chi connectivity index (χ2n) is 6.80. The van der Waals surface area contributed by atoms with Crippen LogP contribution in [0, 0.1) is 16.0 Å². The molecular weight excluding hydrogens is 322 g/mol. The monoisotopic (exact) mass is 349 g/mol. The standard InChI is InChI=1S/C18H27N3O4/c1-24-16-11-14(15(21(22)23)12-17(16)25-2)18(13-5-3-4-6-13)20-9-7-19-8-10-20/h11-13,18-19H,3-10H2,1-2H3/t18-/m1/s1. The maximum atomic E-state index is 11.8. The molecule has 1 aromatic carbocycles. The van der Waals surface area contributed by atoms with Gasteiger partial charge in [-0.3, -0.25) is 15.0 Å². The van der Waals surface area contributed by atoms with Gasteiger partial charge in [-0.05, 0) is 24.8 Å². The zero-order valence-corrected chi connectivity index (χ0v) is 15.0. The van der Waals surface area contributed by atoms with Crippen LogP contribution in [0.2, 0.25) is 0 Å². The predicted octanol–water partition coefficient (Wildman–Crippen LogP) is 2.75. The van der Waals surface area contributed by atoms with Crippen molar-refractivity contribution in [2.45, 2.75) is 31.7 Å². The van der Waals surface area contributed by atoms with Crippen LogP contribution in [0.3, 0.4) is 0 Å². The largest absolute Gasteiger partial charge is 0.493 e. The van der Waals surface area contributed by atoms with Crippen molar-refractivity contribution < 1.29 is 14.4 Å². The number of nitrogens with zero attached hydrogens (tertiary/aromatic N) is 2. The number of benzene rings is 1. The Hall–Kier alpha value is -1.86. The molecule has 7 nitrogen and oxygen atoms in total. The van der Waals surface area contributed by atoms with Gasteiger partial charge in [-0.15, -0.1) is 0 Å². The molecule has 1 aliphatic carbocycles. The molecule has 1 N–H and O–H groups in total. The summed E-state index contributed by atoms with van der Waals surface area (Å²) in [6.45, 7) is 3.66. The Labute approximate surface area is 148 Å². The van der Waals surface area contributed by atoms with Crippen LogP contribution < -0.4 is 14.8 Å². The maximum absolute atomic E-state index is 11.8. The number of hydrogen-bond acceptors (Lipinski definition) is 6. The second kappa shape index (κ2) is 8.01. The second-order valence-corrected chi connectivity index (χ2v) is 6.80. The van der Waals surface area contributed by atoms with E-state index in [0.717, 1.165) is 44.6 Å². The van der Waals surface area contributed by atoms with E-state index in [4.69, 9.17) is 9.47 Å². The average molecular weight is 349 g/mol. The van der Waals surface area contributed by atoms with E-state index in [1.165, 1.54) is 26.0 Å². The number of nitrogens with one attached hydrogen (secondary N) is 1. The van der Waals surface area contributed by atoms with E-state index in [1.807, 2.05) is 6.07 Å². The highest BCUT2D eigenvalue weighted by Gasteiger charge is 2.36. The molecule has 0 amide bonds. The van der Waals surface area contributed by atoms with Crippen LogP contribution in [0.15, 0.2) is 12.1 Å². The first kappa shape index (κ1) is 17.9. The molecule has 1 saturated heterocycles. The third-order valence-electron chi connectivity index (χ3n) is 5.44. The maximum Gasteiger partial charge on any atom is 0.278 e. The number of rotatable bonds is 6. The zero-order chi connectivity index (χ0) is 17.8. The van der Waals surface area contributed by atoms with Gasteiger partial charge < -0.3 is 14.8 Å². The van der Waals surface area contributed by atoms with Gasteiger partial charge in [-0.1, -0.05) is 12.8 Å². The van der Waals surface area contributed by atoms with Gasteiger partial charge in [-0.25, -0.2) is 0 Å². The summed E-state index contributed by atoms with van der Waals surface area (Å²) < 4.78 is 10.7. The van der Waals surface area contributed by atoms with Gasteiger partial charge in [0.1, 0.15) is 0 Å². The van der Waals surface area contributed by atoms with Crippen LogP contribution in [0.5, 0.6) is 11.5 Å². The number of nitro groups is 1. The zero-order valence-electron chi connectivity index (χ0n) is 15.0. The van der Waals surface area contributed by atoms with Gasteiger partial charge in [0.2, 0.25) is 0 Å². The smallest absolute Gasteiger partial charge is 0.278 e. The summed E-state index contributed by atoms with van der Waals surface area (Å²) in [5, 5.41) is 15.1. The molecule has 1 saturated carbocycles. The van der Waals surface area contributed by atoms with E-state index in [0.29, 0.717) is 17.4 Å². The lowest BCUT2D eigenvalue weighted by molar-refractivity contribution is -0.386. The molecule has 3 rings (SSSR count). The third-order valence-corrected chi connectivity index (χ3v) is 5.44. The molecule has 25 heavy (non-hydrogen) atoms. The highest BCUT2D eigenvalue weighted by molar-refractivity contribution is 5.55. The summed E-state index contributed by atoms with van der Waals surface area (Å²) in [5.74, 6) is 1.42. The molecule has 0 spiro atoms. The van der Waals surface area contributed by atoms with Crippen LogP contribution in [-0.4, -0.2) is 50.2 Å². The van der Waals surface area contributed by atoms with Crippen molar-refractivity contribution in [2.75, 3.05) is 40.4 Å². The Bertz CT molecular complexity index is 611.